The molecule has 3 N–H and O–H groups in total. The van der Waals surface area contributed by atoms with Crippen molar-refractivity contribution in [3.8, 4) is 5.69 Å². The summed E-state index contributed by atoms with van der Waals surface area (Å²) < 4.78 is 47.8. The Balaban J connectivity index is 1.24. The van der Waals surface area contributed by atoms with Gasteiger partial charge in [-0.1, -0.05) is 18.6 Å². The summed E-state index contributed by atoms with van der Waals surface area (Å²) in [6, 6.07) is 8.92. The quantitative estimate of drug-likeness (QED) is 0.383. The second-order valence-electron chi connectivity index (χ2n) is 12.1. The van der Waals surface area contributed by atoms with Gasteiger partial charge in [0.2, 0.25) is 0 Å². The fraction of sp³-hybridized carbons (Fsp3) is 0.517. The number of imidazole rings is 1. The number of hydrazine groups is 2. The number of likely N-dealkylation sites (N-methyl/N-ethyl adjacent to an activating group) is 1. The van der Waals surface area contributed by atoms with Gasteiger partial charge in [-0.25, -0.2) is 20.2 Å². The number of nitrogens with one attached hydrogen (secondary N) is 3. The summed E-state index contributed by atoms with van der Waals surface area (Å²) in [5.74, 6) is 0.694. The molecule has 4 aliphatic rings. The van der Waals surface area contributed by atoms with Crippen molar-refractivity contribution in [1.29, 1.82) is 0 Å². The van der Waals surface area contributed by atoms with E-state index in [0.717, 1.165) is 36.0 Å². The van der Waals surface area contributed by atoms with Crippen molar-refractivity contribution in [2.75, 3.05) is 40.4 Å². The van der Waals surface area contributed by atoms with E-state index in [1.165, 1.54) is 23.3 Å². The Morgan fingerprint density at radius 3 is 2.69 bits per heavy atom. The summed E-state index contributed by atoms with van der Waals surface area (Å²) in [5.41, 5.74) is 10.6. The minimum Gasteiger partial charge on any atom is -0.289 e. The van der Waals surface area contributed by atoms with Crippen LogP contribution in [0.4, 0.5) is 13.2 Å². The number of hydrogen-bond donors (Lipinski definition) is 3. The van der Waals surface area contributed by atoms with Crippen LogP contribution in [-0.2, 0) is 12.7 Å². The zero-order valence-corrected chi connectivity index (χ0v) is 23.8. The molecule has 3 aromatic rings. The maximum absolute atomic E-state index is 14.4. The van der Waals surface area contributed by atoms with Crippen molar-refractivity contribution < 1.29 is 17.7 Å². The highest BCUT2D eigenvalue weighted by molar-refractivity contribution is 5.58. The average molecular weight is 585 g/mol. The highest BCUT2D eigenvalue weighted by Crippen LogP contribution is 2.42. The molecule has 10 nitrogen and oxygen atoms in total. The van der Waals surface area contributed by atoms with Gasteiger partial charge in [-0.05, 0) is 55.1 Å². The van der Waals surface area contributed by atoms with E-state index >= 15 is 0 Å². The Hall–Kier alpha value is -3.23. The molecule has 3 fully saturated rings. The first-order valence-corrected chi connectivity index (χ1v) is 14.6. The topological polar surface area (TPSA) is 75.2 Å². The Labute approximate surface area is 241 Å². The molecule has 1 aromatic carbocycles. The number of benzene rings is 1. The maximum atomic E-state index is 14.4. The molecule has 1 saturated carbocycles. The number of nitrogens with zero attached hydrogens (tertiary/aromatic N) is 6. The lowest BCUT2D eigenvalue weighted by Crippen LogP contribution is -2.52. The van der Waals surface area contributed by atoms with Crippen LogP contribution in [0, 0.1) is 5.92 Å². The predicted molar refractivity (Wildman–Crippen MR) is 152 cm³/mol. The number of pyridine rings is 1. The number of alkyl halides is 3. The summed E-state index contributed by atoms with van der Waals surface area (Å²) >= 11 is 0. The van der Waals surface area contributed by atoms with Gasteiger partial charge in [0.25, 0.3) is 6.34 Å². The van der Waals surface area contributed by atoms with Gasteiger partial charge in [0.1, 0.15) is 0 Å². The van der Waals surface area contributed by atoms with Crippen LogP contribution in [0.25, 0.3) is 11.2 Å². The van der Waals surface area contributed by atoms with Gasteiger partial charge in [0.15, 0.2) is 6.17 Å². The molecule has 0 spiro atoms. The molecular formula is C29H37F3N9O+. The number of fused-ring (bicyclic) bond motifs is 2. The molecule has 2 unspecified atom stereocenters. The zero-order chi connectivity index (χ0) is 29.2. The molecular weight excluding hydrogens is 547 g/mol. The Kier molecular flexibility index (Phi) is 6.89. The largest absolute Gasteiger partial charge is 0.418 e. The molecule has 0 bridgehead atoms. The minimum atomic E-state index is -4.61. The Morgan fingerprint density at radius 2 is 1.98 bits per heavy atom. The Bertz CT molecular complexity index is 1580. The lowest BCUT2D eigenvalue weighted by molar-refractivity contribution is -0.571. The predicted octanol–water partition coefficient (Wildman–Crippen LogP) is 1.95. The van der Waals surface area contributed by atoms with Crippen molar-refractivity contribution >= 4 is 11.9 Å². The molecule has 2 aromatic heterocycles. The molecule has 3 aliphatic heterocycles. The highest BCUT2D eigenvalue weighted by Gasteiger charge is 2.39. The van der Waals surface area contributed by atoms with E-state index in [2.05, 4.69) is 43.8 Å². The third-order valence-corrected chi connectivity index (χ3v) is 9.30. The van der Waals surface area contributed by atoms with Crippen LogP contribution in [0.5, 0.6) is 0 Å². The van der Waals surface area contributed by atoms with Gasteiger partial charge >= 0.3 is 11.9 Å². The minimum absolute atomic E-state index is 0.0735. The lowest BCUT2D eigenvalue weighted by atomic mass is 9.71. The number of hydrogen-bond acceptors (Lipinski definition) is 7. The monoisotopic (exact) mass is 584 g/mol. The first kappa shape index (κ1) is 27.6. The summed E-state index contributed by atoms with van der Waals surface area (Å²) in [6.07, 6.45) is 3.93. The smallest absolute Gasteiger partial charge is 0.289 e. The maximum Gasteiger partial charge on any atom is 0.418 e. The van der Waals surface area contributed by atoms with Crippen molar-refractivity contribution in [3.63, 3.8) is 0 Å². The van der Waals surface area contributed by atoms with E-state index in [4.69, 9.17) is 0 Å². The lowest BCUT2D eigenvalue weighted by Gasteiger charge is -2.39. The molecule has 5 heterocycles. The van der Waals surface area contributed by atoms with Gasteiger partial charge in [0.05, 0.1) is 49.7 Å². The second-order valence-corrected chi connectivity index (χ2v) is 12.1. The van der Waals surface area contributed by atoms with E-state index in [0.29, 0.717) is 36.8 Å². The molecule has 1 aliphatic carbocycles. The van der Waals surface area contributed by atoms with Gasteiger partial charge in [-0.3, -0.25) is 18.8 Å². The molecule has 224 valence electrons. The first-order valence-electron chi connectivity index (χ1n) is 14.6. The summed E-state index contributed by atoms with van der Waals surface area (Å²) in [4.78, 5) is 18.1. The van der Waals surface area contributed by atoms with Crippen molar-refractivity contribution in [3.05, 3.63) is 69.9 Å². The van der Waals surface area contributed by atoms with Crippen molar-refractivity contribution in [1.82, 2.24) is 40.1 Å². The Morgan fingerprint density at radius 1 is 1.14 bits per heavy atom. The first-order chi connectivity index (χ1) is 20.2. The summed E-state index contributed by atoms with van der Waals surface area (Å²) in [7, 11) is 3.99. The number of piperazine rings is 1. The molecule has 7 rings (SSSR count). The van der Waals surface area contributed by atoms with Gasteiger partial charge < -0.3 is 0 Å². The fourth-order valence-electron chi connectivity index (χ4n) is 6.98. The zero-order valence-electron chi connectivity index (χ0n) is 23.8. The number of aromatic nitrogens is 2. The van der Waals surface area contributed by atoms with Gasteiger partial charge in [-0.2, -0.15) is 18.2 Å². The van der Waals surface area contributed by atoms with E-state index < -0.39 is 17.4 Å². The molecule has 0 radical (unpaired) electrons. The van der Waals surface area contributed by atoms with Gasteiger partial charge in [-0.15, -0.1) is 5.43 Å². The second kappa shape index (κ2) is 10.5. The van der Waals surface area contributed by atoms with Crippen molar-refractivity contribution in [2.45, 2.75) is 50.2 Å². The number of halogens is 3. The SMILES string of the molecule is CN1C=[N+]2CCN(Cc3cc(C(F)(F)F)c4cn(-c5cccc([C@@H](C6CCC6)C6NNCN6C)c5)c(=O)n4c3)CC2N1. The summed E-state index contributed by atoms with van der Waals surface area (Å²) in [6.45, 7) is 3.19. The van der Waals surface area contributed by atoms with Gasteiger partial charge in [0, 0.05) is 31.4 Å². The van der Waals surface area contributed by atoms with E-state index in [1.807, 2.05) is 30.5 Å². The molecule has 0 amide bonds. The van der Waals surface area contributed by atoms with E-state index in [-0.39, 0.29) is 23.8 Å². The molecule has 13 heteroatoms. The summed E-state index contributed by atoms with van der Waals surface area (Å²) in [5, 5.41) is 1.90. The normalized spacial score (nSPS) is 24.7. The van der Waals surface area contributed by atoms with Crippen molar-refractivity contribution in [2.24, 2.45) is 5.92 Å². The van der Waals surface area contributed by atoms with Crippen LogP contribution in [-0.4, -0.2) is 87.4 Å². The third-order valence-electron chi connectivity index (χ3n) is 9.30. The standard InChI is InChI=1S/C29H37F3N9O/c1-36-17-33-34-27(36)26(20-5-3-6-20)21-7-4-8-22(12-21)40-15-24-23(29(30,31)32)11-19(14-41(24)28(40)42)13-38-9-10-39-18-37(2)35-25(39)16-38/h4,7-8,11-12,14-15,18,20,25-27,33-35H,3,5-6,9-10,13,16-17H2,1-2H3/q+1/t25?,26-,27?/m1/s1. The van der Waals surface area contributed by atoms with E-state index in [9.17, 15) is 18.0 Å². The molecule has 2 saturated heterocycles. The molecule has 42 heavy (non-hydrogen) atoms. The average Bonchev–Trinajstić information content (AvgIpc) is 3.61. The van der Waals surface area contributed by atoms with Crippen LogP contribution >= 0.6 is 0 Å². The highest BCUT2D eigenvalue weighted by atomic mass is 19.4. The van der Waals surface area contributed by atoms with Crippen LogP contribution < -0.4 is 22.0 Å². The third kappa shape index (κ3) is 4.92. The molecule has 3 atom stereocenters. The fourth-order valence-corrected chi connectivity index (χ4v) is 6.98. The van der Waals surface area contributed by atoms with Crippen LogP contribution in [0.3, 0.4) is 0 Å². The van der Waals surface area contributed by atoms with Crippen LogP contribution in [0.1, 0.15) is 41.9 Å². The van der Waals surface area contributed by atoms with Crippen LogP contribution in [0.15, 0.2) is 47.5 Å². The van der Waals surface area contributed by atoms with E-state index in [1.54, 1.807) is 12.3 Å². The number of rotatable bonds is 6. The van der Waals surface area contributed by atoms with Crippen LogP contribution in [0.2, 0.25) is 0 Å².